The summed E-state index contributed by atoms with van der Waals surface area (Å²) in [6.07, 6.45) is 0. The second kappa shape index (κ2) is 7.11. The Hall–Kier alpha value is -1.31. The smallest absolute Gasteiger partial charge is 0.329 e. The Balaban J connectivity index is 3.14. The van der Waals surface area contributed by atoms with Crippen molar-refractivity contribution in [2.75, 3.05) is 12.9 Å². The van der Waals surface area contributed by atoms with Crippen LogP contribution in [-0.2, 0) is 24.2 Å². The number of benzene rings is 1. The van der Waals surface area contributed by atoms with E-state index in [1.54, 1.807) is 0 Å². The fourth-order valence-corrected chi connectivity index (χ4v) is 3.80. The van der Waals surface area contributed by atoms with E-state index in [0.29, 0.717) is 0 Å². The van der Waals surface area contributed by atoms with Gasteiger partial charge in [0.15, 0.2) is 9.84 Å². The van der Waals surface area contributed by atoms with Crippen molar-refractivity contribution in [1.82, 2.24) is 5.32 Å². The third kappa shape index (κ3) is 4.87. The minimum atomic E-state index is -3.95. The molecule has 0 aliphatic heterocycles. The monoisotopic (exact) mass is 353 g/mol. The highest BCUT2D eigenvalue weighted by molar-refractivity contribution is 7.91. The second-order valence-electron chi connectivity index (χ2n) is 4.13. The van der Waals surface area contributed by atoms with Crippen molar-refractivity contribution in [3.63, 3.8) is 0 Å². The number of rotatable bonds is 5. The van der Waals surface area contributed by atoms with E-state index < -0.39 is 33.5 Å². The highest BCUT2D eigenvalue weighted by Gasteiger charge is 2.29. The first kappa shape index (κ1) is 17.7. The summed E-state index contributed by atoms with van der Waals surface area (Å²) < 4.78 is 29.1. The zero-order valence-electron chi connectivity index (χ0n) is 11.2. The lowest BCUT2D eigenvalue weighted by molar-refractivity contribution is -0.144. The molecule has 1 rings (SSSR count). The van der Waals surface area contributed by atoms with Gasteiger partial charge >= 0.3 is 5.97 Å². The molecule has 1 unspecified atom stereocenters. The number of nitrogens with one attached hydrogen (secondary N) is 1. The van der Waals surface area contributed by atoms with Crippen LogP contribution < -0.4 is 5.32 Å². The highest BCUT2D eigenvalue weighted by Crippen LogP contribution is 2.26. The van der Waals surface area contributed by atoms with Crippen molar-refractivity contribution in [2.24, 2.45) is 0 Å². The molecule has 6 nitrogen and oxygen atoms in total. The van der Waals surface area contributed by atoms with Crippen molar-refractivity contribution in [2.45, 2.75) is 17.9 Å². The quantitative estimate of drug-likeness (QED) is 0.809. The second-order valence-corrected chi connectivity index (χ2v) is 6.98. The molecule has 0 saturated carbocycles. The van der Waals surface area contributed by atoms with E-state index in [0.717, 1.165) is 14.0 Å². The van der Waals surface area contributed by atoms with E-state index >= 15 is 0 Å². The molecule has 1 atom stereocenters. The van der Waals surface area contributed by atoms with Gasteiger partial charge in [0, 0.05) is 11.9 Å². The third-order valence-electron chi connectivity index (χ3n) is 2.48. The maximum Gasteiger partial charge on any atom is 0.329 e. The zero-order valence-corrected chi connectivity index (χ0v) is 13.6. The van der Waals surface area contributed by atoms with E-state index in [4.69, 9.17) is 23.2 Å². The lowest BCUT2D eigenvalue weighted by Gasteiger charge is -2.16. The summed E-state index contributed by atoms with van der Waals surface area (Å²) in [5.74, 6) is -2.11. The molecule has 0 aromatic heterocycles. The van der Waals surface area contributed by atoms with Crippen molar-refractivity contribution < 1.29 is 22.7 Å². The van der Waals surface area contributed by atoms with E-state index in [9.17, 15) is 18.0 Å². The van der Waals surface area contributed by atoms with Gasteiger partial charge in [-0.25, -0.2) is 13.2 Å². The lowest BCUT2D eigenvalue weighted by Crippen LogP contribution is -2.45. The lowest BCUT2D eigenvalue weighted by atomic mass is 10.3. The van der Waals surface area contributed by atoms with Gasteiger partial charge in [-0.15, -0.1) is 0 Å². The van der Waals surface area contributed by atoms with Crippen molar-refractivity contribution in [3.05, 3.63) is 28.2 Å². The van der Waals surface area contributed by atoms with Crippen LogP contribution in [0.5, 0.6) is 0 Å². The van der Waals surface area contributed by atoms with Gasteiger partial charge in [0.1, 0.15) is 6.04 Å². The van der Waals surface area contributed by atoms with Gasteiger partial charge in [0.25, 0.3) is 0 Å². The van der Waals surface area contributed by atoms with Crippen LogP contribution in [0, 0.1) is 0 Å². The molecular weight excluding hydrogens is 341 g/mol. The van der Waals surface area contributed by atoms with Crippen LogP contribution >= 0.6 is 23.2 Å². The summed E-state index contributed by atoms with van der Waals surface area (Å²) in [5, 5.41) is 2.39. The average Bonchev–Trinajstić information content (AvgIpc) is 2.38. The highest BCUT2D eigenvalue weighted by atomic mass is 35.5. The number of hydrogen-bond acceptors (Lipinski definition) is 5. The minimum absolute atomic E-state index is 0.0224. The Morgan fingerprint density at radius 1 is 1.33 bits per heavy atom. The molecule has 1 aromatic rings. The topological polar surface area (TPSA) is 89.5 Å². The van der Waals surface area contributed by atoms with Crippen LogP contribution in [0.15, 0.2) is 23.1 Å². The van der Waals surface area contributed by atoms with Gasteiger partial charge < -0.3 is 10.1 Å². The number of amides is 1. The zero-order chi connectivity index (χ0) is 16.2. The van der Waals surface area contributed by atoms with Crippen molar-refractivity contribution >= 4 is 44.9 Å². The largest absolute Gasteiger partial charge is 0.467 e. The average molecular weight is 354 g/mol. The molecule has 0 bridgehead atoms. The summed E-state index contributed by atoms with van der Waals surface area (Å²) in [5.41, 5.74) is 0. The van der Waals surface area contributed by atoms with E-state index in [-0.39, 0.29) is 14.9 Å². The van der Waals surface area contributed by atoms with E-state index in [2.05, 4.69) is 10.1 Å². The molecule has 116 valence electrons. The molecule has 0 spiro atoms. The molecule has 0 aliphatic rings. The van der Waals surface area contributed by atoms with Crippen LogP contribution in [0.25, 0.3) is 0 Å². The first-order valence-corrected chi connectivity index (χ1v) is 8.11. The van der Waals surface area contributed by atoms with Gasteiger partial charge in [-0.3, -0.25) is 4.79 Å². The fourth-order valence-electron chi connectivity index (χ4n) is 1.58. The molecular formula is C12H13Cl2NO5S. The third-order valence-corrected chi connectivity index (χ3v) is 4.93. The Bertz CT molecular complexity index is 660. The Kier molecular flexibility index (Phi) is 6.00. The Morgan fingerprint density at radius 3 is 2.48 bits per heavy atom. The standard InChI is InChI=1S/C12H13Cl2NO5S/c1-7(16)15-10(12(17)20-2)6-21(18,19)11-5-8(13)3-4-9(11)14/h3-5,10H,6H2,1-2H3,(H,15,16). The van der Waals surface area contributed by atoms with Gasteiger partial charge in [-0.05, 0) is 18.2 Å². The Labute approximate surface area is 132 Å². The maximum absolute atomic E-state index is 12.3. The predicted octanol–water partition coefficient (Wildman–Crippen LogP) is 1.44. The first-order chi connectivity index (χ1) is 9.67. The molecule has 9 heteroatoms. The van der Waals surface area contributed by atoms with Gasteiger partial charge in [0.05, 0.1) is 22.8 Å². The number of carbonyl (C=O) groups is 2. The van der Waals surface area contributed by atoms with Crippen LogP contribution in [-0.4, -0.2) is 39.2 Å². The van der Waals surface area contributed by atoms with Crippen molar-refractivity contribution in [1.29, 1.82) is 0 Å². The summed E-state index contributed by atoms with van der Waals surface area (Å²) in [7, 11) is -2.85. The van der Waals surface area contributed by atoms with Crippen molar-refractivity contribution in [3.8, 4) is 0 Å². The summed E-state index contributed by atoms with van der Waals surface area (Å²) in [4.78, 5) is 22.4. The molecule has 0 saturated heterocycles. The predicted molar refractivity (Wildman–Crippen MR) is 78.1 cm³/mol. The van der Waals surface area contributed by atoms with Gasteiger partial charge in [-0.1, -0.05) is 23.2 Å². The van der Waals surface area contributed by atoms with Crippen LogP contribution in [0.2, 0.25) is 10.0 Å². The number of ether oxygens (including phenoxy) is 1. The van der Waals surface area contributed by atoms with Crippen LogP contribution in [0.1, 0.15) is 6.92 Å². The molecule has 1 amide bonds. The molecule has 0 aliphatic carbocycles. The minimum Gasteiger partial charge on any atom is -0.467 e. The number of hydrogen-bond donors (Lipinski definition) is 1. The van der Waals surface area contributed by atoms with Gasteiger partial charge in [-0.2, -0.15) is 0 Å². The van der Waals surface area contributed by atoms with E-state index in [1.807, 2.05) is 0 Å². The number of carbonyl (C=O) groups excluding carboxylic acids is 2. The van der Waals surface area contributed by atoms with E-state index in [1.165, 1.54) is 18.2 Å². The number of esters is 1. The maximum atomic E-state index is 12.3. The number of sulfone groups is 1. The molecule has 0 heterocycles. The molecule has 0 radical (unpaired) electrons. The normalized spacial score (nSPS) is 12.6. The SMILES string of the molecule is COC(=O)C(CS(=O)(=O)c1cc(Cl)ccc1Cl)NC(C)=O. The molecule has 21 heavy (non-hydrogen) atoms. The summed E-state index contributed by atoms with van der Waals surface area (Å²) in [6, 6.07) is 2.63. The Morgan fingerprint density at radius 2 is 1.95 bits per heavy atom. The number of halogens is 2. The molecule has 0 fully saturated rings. The van der Waals surface area contributed by atoms with Crippen LogP contribution in [0.3, 0.4) is 0 Å². The number of methoxy groups -OCH3 is 1. The summed E-state index contributed by atoms with van der Waals surface area (Å²) in [6.45, 7) is 1.16. The van der Waals surface area contributed by atoms with Crippen LogP contribution in [0.4, 0.5) is 0 Å². The summed E-state index contributed by atoms with van der Waals surface area (Å²) >= 11 is 11.6. The molecule has 1 N–H and O–H groups in total. The van der Waals surface area contributed by atoms with Gasteiger partial charge in [0.2, 0.25) is 5.91 Å². The molecule has 1 aromatic carbocycles. The fraction of sp³-hybridized carbons (Fsp3) is 0.333. The first-order valence-electron chi connectivity index (χ1n) is 5.70.